The van der Waals surface area contributed by atoms with Crippen LogP contribution < -0.4 is 0 Å². The molecule has 0 fully saturated rings. The zero-order valence-corrected chi connectivity index (χ0v) is 11.5. The summed E-state index contributed by atoms with van der Waals surface area (Å²) in [5, 5.41) is 11.0. The normalized spacial score (nSPS) is 16.3. The van der Waals surface area contributed by atoms with E-state index in [0.717, 1.165) is 12.0 Å². The third-order valence-electron chi connectivity index (χ3n) is 2.90. The summed E-state index contributed by atoms with van der Waals surface area (Å²) >= 11 is 0. The molecule has 1 atom stereocenters. The molecule has 100 valence electrons. The van der Waals surface area contributed by atoms with Crippen LogP contribution in [0.3, 0.4) is 0 Å². The Labute approximate surface area is 109 Å². The molecule has 0 saturated heterocycles. The predicted molar refractivity (Wildman–Crippen MR) is 73.1 cm³/mol. The quantitative estimate of drug-likeness (QED) is 0.734. The minimum absolute atomic E-state index is 0.0119. The van der Waals surface area contributed by atoms with Crippen molar-refractivity contribution < 1.29 is 10.0 Å². The number of allylic oxidation sites excluding steroid dienone is 5. The summed E-state index contributed by atoms with van der Waals surface area (Å²) in [4.78, 5) is 10.9. The van der Waals surface area contributed by atoms with Crippen LogP contribution in [0.2, 0.25) is 0 Å². The maximum Gasteiger partial charge on any atom is 0.178 e. The molecule has 0 aliphatic heterocycles. The number of carbonyl (C=O) groups excluding carboxylic acids is 1. The van der Waals surface area contributed by atoms with E-state index in [1.165, 1.54) is 23.6 Å². The van der Waals surface area contributed by atoms with Crippen LogP contribution >= 0.6 is 0 Å². The Kier molecular flexibility index (Phi) is 5.86. The van der Waals surface area contributed by atoms with E-state index in [9.17, 15) is 10.0 Å². The lowest BCUT2D eigenvalue weighted by molar-refractivity contribution is -0.110. The summed E-state index contributed by atoms with van der Waals surface area (Å²) in [6.07, 6.45) is 10.2. The molecular weight excluding hydrogens is 226 g/mol. The summed E-state index contributed by atoms with van der Waals surface area (Å²) in [5.41, 5.74) is 0.841. The van der Waals surface area contributed by atoms with Crippen LogP contribution in [0.15, 0.2) is 36.1 Å². The van der Waals surface area contributed by atoms with E-state index in [-0.39, 0.29) is 5.78 Å². The first-order chi connectivity index (χ1) is 8.47. The Hall–Kier alpha value is -1.35. The fraction of sp³-hybridized carbons (Fsp3) is 0.533. The third kappa shape index (κ3) is 5.82. The zero-order chi connectivity index (χ0) is 13.5. The fourth-order valence-electron chi connectivity index (χ4n) is 2.07. The Morgan fingerprint density at radius 2 is 1.83 bits per heavy atom. The van der Waals surface area contributed by atoms with Gasteiger partial charge in [-0.25, -0.2) is 0 Å². The van der Waals surface area contributed by atoms with Gasteiger partial charge in [0.2, 0.25) is 0 Å². The molecule has 0 bridgehead atoms. The Morgan fingerprint density at radius 3 is 2.39 bits per heavy atom. The van der Waals surface area contributed by atoms with Crippen molar-refractivity contribution in [2.45, 2.75) is 33.6 Å². The van der Waals surface area contributed by atoms with Gasteiger partial charge in [-0.05, 0) is 54.6 Å². The van der Waals surface area contributed by atoms with Gasteiger partial charge in [-0.1, -0.05) is 20.8 Å². The van der Waals surface area contributed by atoms with E-state index < -0.39 is 0 Å². The number of hydrogen-bond acceptors (Lipinski definition) is 3. The van der Waals surface area contributed by atoms with Crippen LogP contribution in [0.25, 0.3) is 0 Å². The molecule has 3 heteroatoms. The minimum Gasteiger partial charge on any atom is -0.290 e. The fourth-order valence-corrected chi connectivity index (χ4v) is 2.07. The standard InChI is InChI=1S/C15H23NO2/c1-12(2)10-13(3)8-9-16(18)11-14-4-6-15(17)7-5-14/h4-7,11-13,18H,8-10H2,1-3H3. The molecule has 0 amide bonds. The summed E-state index contributed by atoms with van der Waals surface area (Å²) < 4.78 is 0. The molecule has 0 heterocycles. The van der Waals surface area contributed by atoms with Gasteiger partial charge in [0.05, 0.1) is 0 Å². The van der Waals surface area contributed by atoms with Crippen LogP contribution in [0, 0.1) is 11.8 Å². The molecule has 18 heavy (non-hydrogen) atoms. The van der Waals surface area contributed by atoms with Crippen molar-refractivity contribution in [3.63, 3.8) is 0 Å². The second-order valence-electron chi connectivity index (χ2n) is 5.38. The summed E-state index contributed by atoms with van der Waals surface area (Å²) in [7, 11) is 0. The number of ketones is 1. The molecule has 1 rings (SSSR count). The zero-order valence-electron chi connectivity index (χ0n) is 11.5. The van der Waals surface area contributed by atoms with Crippen molar-refractivity contribution >= 4 is 5.78 Å². The molecule has 1 N–H and O–H groups in total. The lowest BCUT2D eigenvalue weighted by Gasteiger charge is -2.18. The molecule has 0 saturated carbocycles. The highest BCUT2D eigenvalue weighted by Crippen LogP contribution is 2.15. The molecule has 3 nitrogen and oxygen atoms in total. The minimum atomic E-state index is -0.0119. The molecule has 0 aromatic heterocycles. The first-order valence-electron chi connectivity index (χ1n) is 6.55. The molecule has 0 spiro atoms. The molecular formula is C15H23NO2. The van der Waals surface area contributed by atoms with Gasteiger partial charge in [0, 0.05) is 12.7 Å². The highest BCUT2D eigenvalue weighted by atomic mass is 16.5. The molecule has 1 unspecified atom stereocenters. The van der Waals surface area contributed by atoms with Crippen molar-refractivity contribution in [2.24, 2.45) is 11.8 Å². The van der Waals surface area contributed by atoms with Gasteiger partial charge in [-0.3, -0.25) is 15.1 Å². The Bertz CT molecular complexity index is 349. The van der Waals surface area contributed by atoms with E-state index in [1.54, 1.807) is 18.4 Å². The predicted octanol–water partition coefficient (Wildman–Crippen LogP) is 3.33. The SMILES string of the molecule is CC(C)CC(C)CCN(O)C=C1C=CC(=O)C=C1. The van der Waals surface area contributed by atoms with E-state index in [1.807, 2.05) is 0 Å². The monoisotopic (exact) mass is 249 g/mol. The van der Waals surface area contributed by atoms with Crippen LogP contribution in [-0.4, -0.2) is 22.6 Å². The van der Waals surface area contributed by atoms with Crippen LogP contribution in [0.5, 0.6) is 0 Å². The molecule has 1 aliphatic rings. The summed E-state index contributed by atoms with van der Waals surface area (Å²) in [5.74, 6) is 1.29. The van der Waals surface area contributed by atoms with Crippen molar-refractivity contribution in [3.8, 4) is 0 Å². The second kappa shape index (κ2) is 7.17. The van der Waals surface area contributed by atoms with E-state index in [0.29, 0.717) is 18.4 Å². The van der Waals surface area contributed by atoms with Crippen molar-refractivity contribution in [3.05, 3.63) is 36.1 Å². The van der Waals surface area contributed by atoms with Gasteiger partial charge >= 0.3 is 0 Å². The lowest BCUT2D eigenvalue weighted by atomic mass is 9.96. The summed E-state index contributed by atoms with van der Waals surface area (Å²) in [6.45, 7) is 7.25. The average Bonchev–Trinajstić information content (AvgIpc) is 2.29. The topological polar surface area (TPSA) is 40.5 Å². The van der Waals surface area contributed by atoms with Crippen LogP contribution in [0.1, 0.15) is 33.6 Å². The van der Waals surface area contributed by atoms with Gasteiger partial charge in [-0.2, -0.15) is 0 Å². The number of nitrogens with zero attached hydrogens (tertiary/aromatic N) is 1. The second-order valence-corrected chi connectivity index (χ2v) is 5.38. The molecule has 0 aromatic carbocycles. The Balaban J connectivity index is 2.35. The Morgan fingerprint density at radius 1 is 1.22 bits per heavy atom. The smallest absolute Gasteiger partial charge is 0.178 e. The van der Waals surface area contributed by atoms with Crippen molar-refractivity contribution in [1.82, 2.24) is 5.06 Å². The highest BCUT2D eigenvalue weighted by molar-refractivity contribution is 6.01. The van der Waals surface area contributed by atoms with Crippen LogP contribution in [-0.2, 0) is 4.79 Å². The first-order valence-corrected chi connectivity index (χ1v) is 6.55. The maximum absolute atomic E-state index is 10.9. The van der Waals surface area contributed by atoms with Crippen LogP contribution in [0.4, 0.5) is 0 Å². The third-order valence-corrected chi connectivity index (χ3v) is 2.90. The van der Waals surface area contributed by atoms with E-state index in [4.69, 9.17) is 0 Å². The molecule has 1 aliphatic carbocycles. The van der Waals surface area contributed by atoms with Gasteiger partial charge < -0.3 is 0 Å². The molecule has 0 aromatic rings. The lowest BCUT2D eigenvalue weighted by Crippen LogP contribution is -2.17. The van der Waals surface area contributed by atoms with E-state index >= 15 is 0 Å². The number of hydroxylamine groups is 2. The summed E-state index contributed by atoms with van der Waals surface area (Å²) in [6, 6.07) is 0. The van der Waals surface area contributed by atoms with Crippen molar-refractivity contribution in [2.75, 3.05) is 6.54 Å². The van der Waals surface area contributed by atoms with Gasteiger partial charge in [0.25, 0.3) is 0 Å². The maximum atomic E-state index is 10.9. The van der Waals surface area contributed by atoms with Gasteiger partial charge in [-0.15, -0.1) is 0 Å². The number of carbonyl (C=O) groups is 1. The van der Waals surface area contributed by atoms with E-state index in [2.05, 4.69) is 20.8 Å². The first kappa shape index (κ1) is 14.7. The highest BCUT2D eigenvalue weighted by Gasteiger charge is 2.07. The largest absolute Gasteiger partial charge is 0.290 e. The average molecular weight is 249 g/mol. The number of hydrogen-bond donors (Lipinski definition) is 1. The molecule has 0 radical (unpaired) electrons. The van der Waals surface area contributed by atoms with Crippen molar-refractivity contribution in [1.29, 1.82) is 0 Å². The van der Waals surface area contributed by atoms with Gasteiger partial charge in [0.1, 0.15) is 0 Å². The number of rotatable bonds is 6. The van der Waals surface area contributed by atoms with Gasteiger partial charge in [0.15, 0.2) is 5.78 Å².